The highest BCUT2D eigenvalue weighted by Gasteiger charge is 2.43. The van der Waals surface area contributed by atoms with Crippen LogP contribution in [0.3, 0.4) is 0 Å². The van der Waals surface area contributed by atoms with Gasteiger partial charge in [0.15, 0.2) is 0 Å². The molecule has 2 rings (SSSR count). The van der Waals surface area contributed by atoms with Crippen LogP contribution in [0.25, 0.3) is 0 Å². The van der Waals surface area contributed by atoms with Crippen LogP contribution in [0.1, 0.15) is 106 Å². The van der Waals surface area contributed by atoms with Crippen LogP contribution < -0.4 is 10.6 Å². The molecular weight excluding hydrogens is 794 g/mol. The maximum Gasteiger partial charge on any atom is 0.235 e. The van der Waals surface area contributed by atoms with Crippen LogP contribution in [-0.2, 0) is 9.59 Å². The Morgan fingerprint density at radius 1 is 0.537 bits per heavy atom. The fraction of sp³-hybridized carbons (Fsp3) is 0.571. The fourth-order valence-corrected chi connectivity index (χ4v) is 18.7. The van der Waals surface area contributed by atoms with Crippen molar-refractivity contribution in [2.75, 3.05) is 11.8 Å². The molecule has 0 aliphatic heterocycles. The third kappa shape index (κ3) is 13.6. The van der Waals surface area contributed by atoms with E-state index < -0.39 is 40.4 Å². The predicted molar refractivity (Wildman–Crippen MR) is 236 cm³/mol. The Kier molecular flexibility index (Phi) is 21.6. The summed E-state index contributed by atoms with van der Waals surface area (Å²) in [5.74, 6) is 5.39. The average Bonchev–Trinajstić information content (AvgIpc) is 3.10. The van der Waals surface area contributed by atoms with Crippen molar-refractivity contribution < 1.29 is 19.8 Å². The highest BCUT2D eigenvalue weighted by molar-refractivity contribution is 6.91. The first-order valence-electron chi connectivity index (χ1n) is 18.7. The van der Waals surface area contributed by atoms with E-state index >= 15 is 0 Å². The van der Waals surface area contributed by atoms with E-state index in [4.69, 9.17) is 46.4 Å². The number of hydrogen-bond acceptors (Lipinski definition) is 4. The second-order valence-corrected chi connectivity index (χ2v) is 28.3. The maximum atomic E-state index is 11.9. The van der Waals surface area contributed by atoms with Gasteiger partial charge in [-0.15, -0.1) is 34.3 Å². The number of carbonyl (C=O) groups is 2. The third-order valence-corrected chi connectivity index (χ3v) is 24.2. The molecule has 4 atom stereocenters. The molecule has 0 aromatic heterocycles. The molecule has 0 saturated carbocycles. The number of hydrogen-bond donors (Lipinski definition) is 4. The molecule has 2 amide bonds. The Balaban J connectivity index is 0.000000540. The normalized spacial score (nSPS) is 14.1. The number of alkyl halides is 2. The largest absolute Gasteiger partial charge is 0.385 e. The van der Waals surface area contributed by atoms with E-state index in [0.29, 0.717) is 54.4 Å². The molecule has 300 valence electrons. The lowest BCUT2D eigenvalue weighted by Crippen LogP contribution is -2.45. The van der Waals surface area contributed by atoms with Gasteiger partial charge in [-0.2, -0.15) is 0 Å². The van der Waals surface area contributed by atoms with Crippen LogP contribution in [0.5, 0.6) is 0 Å². The number of halogens is 4. The molecule has 6 nitrogen and oxygen atoms in total. The van der Waals surface area contributed by atoms with Crippen molar-refractivity contribution in [3.63, 3.8) is 0 Å². The molecule has 0 unspecified atom stereocenters. The Hall–Kier alpha value is -1.99. The molecule has 0 spiro atoms. The second kappa shape index (κ2) is 23.3. The number of aliphatic hydroxyl groups is 2. The summed E-state index contributed by atoms with van der Waals surface area (Å²) in [6.07, 6.45) is -1.92. The fourth-order valence-electron chi connectivity index (χ4n) is 7.79. The van der Waals surface area contributed by atoms with Gasteiger partial charge in [0.05, 0.1) is 0 Å². The first-order valence-corrected chi connectivity index (χ1v) is 25.0. The van der Waals surface area contributed by atoms with E-state index in [1.807, 2.05) is 0 Å². The van der Waals surface area contributed by atoms with Gasteiger partial charge in [0.1, 0.15) is 52.2 Å². The lowest BCUT2D eigenvalue weighted by molar-refractivity contribution is -0.120. The molecule has 0 saturated heterocycles. The molecule has 12 heteroatoms. The van der Waals surface area contributed by atoms with Crippen molar-refractivity contribution in [3.05, 3.63) is 69.7 Å². The van der Waals surface area contributed by atoms with E-state index in [9.17, 15) is 19.8 Å². The van der Waals surface area contributed by atoms with Crippen molar-refractivity contribution in [3.8, 4) is 22.9 Å². The highest BCUT2D eigenvalue weighted by Crippen LogP contribution is 2.42. The number of rotatable bonds is 14. The van der Waals surface area contributed by atoms with E-state index in [2.05, 4.69) is 117 Å². The summed E-state index contributed by atoms with van der Waals surface area (Å²) in [7, 11) is -3.97. The number of benzene rings is 2. The summed E-state index contributed by atoms with van der Waals surface area (Å²) in [6.45, 7) is 26.7. The number of nitrogens with one attached hydrogen (secondary N) is 2. The molecule has 0 aliphatic rings. The van der Waals surface area contributed by atoms with Crippen LogP contribution >= 0.6 is 46.4 Å². The number of aliphatic hydroxyl groups excluding tert-OH is 2. The number of carbonyl (C=O) groups excluding carboxylic acids is 2. The summed E-state index contributed by atoms with van der Waals surface area (Å²) >= 11 is 23.2. The Labute approximate surface area is 347 Å². The monoisotopic (exact) mass is 854 g/mol. The standard InChI is InChI=1S/2C21H31Cl2NO2Si/c2*1-14(2)27(15(3)4,16(5)6)12-11-19(24-20(25)13-22)21(26)17-7-9-18(23)10-8-17/h2*7-10,14-16,19,21,26H,13H2,1-6H3,(H,24,25)/t2*19-,21+/m10/s1. The average molecular weight is 857 g/mol. The zero-order chi connectivity index (χ0) is 41.6. The maximum absolute atomic E-state index is 11.9. The summed E-state index contributed by atoms with van der Waals surface area (Å²) < 4.78 is 0. The van der Waals surface area contributed by atoms with Crippen LogP contribution in [0.15, 0.2) is 48.5 Å². The Bertz CT molecular complexity index is 1430. The van der Waals surface area contributed by atoms with Crippen molar-refractivity contribution in [2.45, 2.75) is 141 Å². The van der Waals surface area contributed by atoms with E-state index in [0.717, 1.165) is 0 Å². The van der Waals surface area contributed by atoms with Crippen molar-refractivity contribution >= 4 is 74.4 Å². The summed E-state index contributed by atoms with van der Waals surface area (Å²) in [5, 5.41) is 28.4. The molecule has 0 fully saturated rings. The summed E-state index contributed by atoms with van der Waals surface area (Å²) in [4.78, 5) is 23.8. The zero-order valence-corrected chi connectivity index (χ0v) is 39.1. The summed E-state index contributed by atoms with van der Waals surface area (Å²) in [5.41, 5.74) is 11.2. The second-order valence-electron chi connectivity index (χ2n) is 15.7. The van der Waals surface area contributed by atoms with Crippen molar-refractivity contribution in [1.29, 1.82) is 0 Å². The van der Waals surface area contributed by atoms with Gasteiger partial charge in [-0.05, 0) is 68.6 Å². The summed E-state index contributed by atoms with van der Waals surface area (Å²) in [6, 6.07) is 12.4. The van der Waals surface area contributed by atoms with Gasteiger partial charge < -0.3 is 20.8 Å². The molecule has 4 N–H and O–H groups in total. The van der Waals surface area contributed by atoms with E-state index in [-0.39, 0.29) is 23.6 Å². The Morgan fingerprint density at radius 2 is 0.778 bits per heavy atom. The molecule has 2 aromatic carbocycles. The van der Waals surface area contributed by atoms with Gasteiger partial charge >= 0.3 is 0 Å². The minimum absolute atomic E-state index is 0.174. The number of amides is 2. The minimum Gasteiger partial charge on any atom is -0.385 e. The Morgan fingerprint density at radius 3 is 0.981 bits per heavy atom. The lowest BCUT2D eigenvalue weighted by atomic mass is 10.0. The van der Waals surface area contributed by atoms with Gasteiger partial charge in [-0.25, -0.2) is 0 Å². The van der Waals surface area contributed by atoms with E-state index in [1.165, 1.54) is 0 Å². The third-order valence-electron chi connectivity index (χ3n) is 10.6. The molecule has 0 aliphatic carbocycles. The zero-order valence-electron chi connectivity index (χ0n) is 34.0. The van der Waals surface area contributed by atoms with Gasteiger partial charge in [-0.3, -0.25) is 9.59 Å². The van der Waals surface area contributed by atoms with E-state index in [1.54, 1.807) is 48.5 Å². The van der Waals surface area contributed by atoms with Gasteiger partial charge in [-0.1, -0.05) is 142 Å². The predicted octanol–water partition coefficient (Wildman–Crippen LogP) is 10.6. The molecule has 0 bridgehead atoms. The molecule has 0 radical (unpaired) electrons. The van der Waals surface area contributed by atoms with Crippen molar-refractivity contribution in [1.82, 2.24) is 10.6 Å². The minimum atomic E-state index is -1.98. The first kappa shape index (κ1) is 50.0. The smallest absolute Gasteiger partial charge is 0.235 e. The molecular formula is C42H62Cl4N2O4Si2. The quantitative estimate of drug-likeness (QED) is 0.0864. The van der Waals surface area contributed by atoms with Gasteiger partial charge in [0.2, 0.25) is 11.8 Å². The molecule has 2 aromatic rings. The highest BCUT2D eigenvalue weighted by atomic mass is 35.5. The van der Waals surface area contributed by atoms with Crippen LogP contribution in [0, 0.1) is 22.9 Å². The van der Waals surface area contributed by atoms with Gasteiger partial charge in [0.25, 0.3) is 0 Å². The first-order chi connectivity index (χ1) is 25.1. The van der Waals surface area contributed by atoms with Crippen molar-refractivity contribution in [2.24, 2.45) is 0 Å². The SMILES string of the molecule is CC(C)[Si](C#C[C@@H](NC(=O)CCl)[C@@H](O)c1ccc(Cl)cc1)(C(C)C)C(C)C.CC(C)[Si](C#C[C@H](NC(=O)CCl)[C@H](O)c1ccc(Cl)cc1)(C(C)C)C(C)C. The molecule has 0 heterocycles. The van der Waals surface area contributed by atoms with Crippen LogP contribution in [-0.4, -0.2) is 62.0 Å². The van der Waals surface area contributed by atoms with Gasteiger partial charge in [0, 0.05) is 10.0 Å². The lowest BCUT2D eigenvalue weighted by Gasteiger charge is -2.38. The van der Waals surface area contributed by atoms with Crippen LogP contribution in [0.4, 0.5) is 0 Å². The topological polar surface area (TPSA) is 98.7 Å². The van der Waals surface area contributed by atoms with Crippen LogP contribution in [0.2, 0.25) is 43.3 Å². The molecule has 54 heavy (non-hydrogen) atoms.